The van der Waals surface area contributed by atoms with E-state index in [0.29, 0.717) is 4.67 Å². The lowest BCUT2D eigenvalue weighted by Crippen LogP contribution is -2.17. The molecule has 0 aromatic carbocycles. The zero-order chi connectivity index (χ0) is 7.56. The Bertz CT molecular complexity index is 245. The Balaban J connectivity index is 2.85. The molecule has 1 rings (SSSR count). The fourth-order valence-corrected chi connectivity index (χ4v) is 0.798. The smallest absolute Gasteiger partial charge is 0.310 e. The van der Waals surface area contributed by atoms with Crippen molar-refractivity contribution in [3.8, 4) is 0 Å². The zero-order valence-electron chi connectivity index (χ0n) is 4.80. The summed E-state index contributed by atoms with van der Waals surface area (Å²) in [7, 11) is 0. The second-order valence-electron chi connectivity index (χ2n) is 1.54. The van der Waals surface area contributed by atoms with Crippen molar-refractivity contribution >= 4 is 21.8 Å². The Hall–Kier alpha value is -0.810. The maximum absolute atomic E-state index is 10.6. The third-order valence-corrected chi connectivity index (χ3v) is 1.32. The average molecular weight is 206 g/mol. The van der Waals surface area contributed by atoms with Gasteiger partial charge < -0.3 is 4.42 Å². The van der Waals surface area contributed by atoms with E-state index >= 15 is 0 Å². The number of amides is 1. The minimum atomic E-state index is -0.661. The van der Waals surface area contributed by atoms with E-state index in [2.05, 4.69) is 15.9 Å². The number of hydrogen-bond acceptors (Lipinski definition) is 3. The third kappa shape index (κ3) is 1.37. The van der Waals surface area contributed by atoms with E-state index in [0.717, 1.165) is 0 Å². The molecule has 0 fully saturated rings. The molecule has 5 heteroatoms. The van der Waals surface area contributed by atoms with Gasteiger partial charge in [-0.2, -0.15) is 0 Å². The maximum Gasteiger partial charge on any atom is 0.310 e. The summed E-state index contributed by atoms with van der Waals surface area (Å²) in [6, 6.07) is 3.00. The quantitative estimate of drug-likeness (QED) is 0.535. The number of rotatable bonds is 1. The summed E-state index contributed by atoms with van der Waals surface area (Å²) >= 11 is 3.00. The molecule has 0 atom stereocenters. The van der Waals surface area contributed by atoms with Crippen molar-refractivity contribution in [1.82, 2.24) is 5.48 Å². The minimum absolute atomic E-state index is 0.0642. The molecule has 2 N–H and O–H groups in total. The predicted octanol–water partition coefficient (Wildman–Crippen LogP) is 1.16. The van der Waals surface area contributed by atoms with Crippen LogP contribution in [0.1, 0.15) is 10.6 Å². The molecule has 1 amide bonds. The van der Waals surface area contributed by atoms with Crippen molar-refractivity contribution in [2.24, 2.45) is 0 Å². The summed E-state index contributed by atoms with van der Waals surface area (Å²) in [4.78, 5) is 10.6. The highest BCUT2D eigenvalue weighted by Gasteiger charge is 2.07. The molecule has 0 aliphatic heterocycles. The summed E-state index contributed by atoms with van der Waals surface area (Å²) in [5.74, 6) is -0.597. The molecule has 0 aliphatic carbocycles. The zero-order valence-corrected chi connectivity index (χ0v) is 6.38. The molecule has 0 spiro atoms. The Kier molecular flexibility index (Phi) is 2.08. The first-order chi connectivity index (χ1) is 4.74. The van der Waals surface area contributed by atoms with Crippen LogP contribution >= 0.6 is 15.9 Å². The fraction of sp³-hybridized carbons (Fsp3) is 0. The maximum atomic E-state index is 10.6. The monoisotopic (exact) mass is 205 g/mol. The molecular weight excluding hydrogens is 202 g/mol. The molecule has 1 aromatic rings. The van der Waals surface area contributed by atoms with E-state index in [1.54, 1.807) is 6.07 Å². The van der Waals surface area contributed by atoms with Gasteiger partial charge in [-0.1, -0.05) is 0 Å². The van der Waals surface area contributed by atoms with Gasteiger partial charge in [0.25, 0.3) is 0 Å². The van der Waals surface area contributed by atoms with Crippen LogP contribution in [0.2, 0.25) is 0 Å². The molecule has 0 saturated heterocycles. The van der Waals surface area contributed by atoms with Gasteiger partial charge in [-0.15, -0.1) is 0 Å². The highest BCUT2D eigenvalue weighted by molar-refractivity contribution is 9.10. The normalized spacial score (nSPS) is 9.40. The van der Waals surface area contributed by atoms with Crippen LogP contribution in [0.5, 0.6) is 0 Å². The predicted molar refractivity (Wildman–Crippen MR) is 35.7 cm³/mol. The van der Waals surface area contributed by atoms with E-state index in [9.17, 15) is 4.79 Å². The number of nitrogens with one attached hydrogen (secondary N) is 1. The van der Waals surface area contributed by atoms with Gasteiger partial charge in [-0.3, -0.25) is 10.0 Å². The van der Waals surface area contributed by atoms with Gasteiger partial charge >= 0.3 is 5.91 Å². The second kappa shape index (κ2) is 2.85. The number of carbonyl (C=O) groups is 1. The topological polar surface area (TPSA) is 62.5 Å². The molecular formula is C5H4BrNO3. The van der Waals surface area contributed by atoms with E-state index < -0.39 is 5.91 Å². The van der Waals surface area contributed by atoms with Gasteiger partial charge in [-0.25, -0.2) is 5.48 Å². The minimum Gasteiger partial charge on any atom is -0.444 e. The molecule has 0 radical (unpaired) electrons. The highest BCUT2D eigenvalue weighted by Crippen LogP contribution is 2.13. The lowest BCUT2D eigenvalue weighted by Gasteiger charge is -1.89. The van der Waals surface area contributed by atoms with Crippen LogP contribution < -0.4 is 5.48 Å². The standard InChI is InChI=1S/C5H4BrNO3/c6-4-2-1-3(10-4)5(8)7-9/h1-2,9H,(H,7,8). The Labute approximate surface area is 64.9 Å². The van der Waals surface area contributed by atoms with Gasteiger partial charge in [-0.05, 0) is 28.1 Å². The number of hydroxylamine groups is 1. The highest BCUT2D eigenvalue weighted by atomic mass is 79.9. The number of carbonyl (C=O) groups excluding carboxylic acids is 1. The van der Waals surface area contributed by atoms with Gasteiger partial charge in [0.15, 0.2) is 10.4 Å². The Morgan fingerprint density at radius 2 is 2.40 bits per heavy atom. The molecule has 4 nitrogen and oxygen atoms in total. The summed E-state index contributed by atoms with van der Waals surface area (Å²) < 4.78 is 5.23. The summed E-state index contributed by atoms with van der Waals surface area (Å²) in [5.41, 5.74) is 1.44. The molecule has 0 unspecified atom stereocenters. The van der Waals surface area contributed by atoms with Crippen LogP contribution in [0, 0.1) is 0 Å². The van der Waals surface area contributed by atoms with Crippen molar-refractivity contribution < 1.29 is 14.4 Å². The van der Waals surface area contributed by atoms with E-state index in [-0.39, 0.29) is 5.76 Å². The molecule has 54 valence electrons. The Morgan fingerprint density at radius 1 is 1.70 bits per heavy atom. The van der Waals surface area contributed by atoms with Gasteiger partial charge in [0, 0.05) is 0 Å². The summed E-state index contributed by atoms with van der Waals surface area (Å²) in [6.45, 7) is 0. The lowest BCUT2D eigenvalue weighted by atomic mass is 10.4. The summed E-state index contributed by atoms with van der Waals surface area (Å²) in [5, 5.41) is 8.12. The van der Waals surface area contributed by atoms with E-state index in [1.165, 1.54) is 11.5 Å². The van der Waals surface area contributed by atoms with Crippen molar-refractivity contribution in [1.29, 1.82) is 0 Å². The average Bonchev–Trinajstić information content (AvgIpc) is 2.34. The fourth-order valence-electron chi connectivity index (χ4n) is 0.491. The van der Waals surface area contributed by atoms with Crippen LogP contribution in [0.25, 0.3) is 0 Å². The van der Waals surface area contributed by atoms with Crippen LogP contribution in [0.4, 0.5) is 0 Å². The first-order valence-electron chi connectivity index (χ1n) is 2.44. The molecule has 0 aliphatic rings. The second-order valence-corrected chi connectivity index (χ2v) is 2.33. The van der Waals surface area contributed by atoms with Gasteiger partial charge in [0.1, 0.15) is 0 Å². The van der Waals surface area contributed by atoms with Crippen LogP contribution in [0.15, 0.2) is 21.2 Å². The first kappa shape index (κ1) is 7.30. The first-order valence-corrected chi connectivity index (χ1v) is 3.23. The molecule has 0 bridgehead atoms. The lowest BCUT2D eigenvalue weighted by molar-refractivity contribution is 0.0675. The van der Waals surface area contributed by atoms with Crippen LogP contribution in [0.3, 0.4) is 0 Å². The molecule has 0 saturated carbocycles. The largest absolute Gasteiger partial charge is 0.444 e. The number of furan rings is 1. The van der Waals surface area contributed by atoms with Crippen molar-refractivity contribution in [3.63, 3.8) is 0 Å². The number of hydrogen-bond donors (Lipinski definition) is 2. The molecule has 10 heavy (non-hydrogen) atoms. The van der Waals surface area contributed by atoms with Crippen LogP contribution in [-0.4, -0.2) is 11.1 Å². The van der Waals surface area contributed by atoms with Crippen molar-refractivity contribution in [2.45, 2.75) is 0 Å². The van der Waals surface area contributed by atoms with Crippen molar-refractivity contribution in [2.75, 3.05) is 0 Å². The van der Waals surface area contributed by atoms with Gasteiger partial charge in [0.05, 0.1) is 0 Å². The van der Waals surface area contributed by atoms with E-state index in [4.69, 9.17) is 9.62 Å². The SMILES string of the molecule is O=C(NO)c1ccc(Br)o1. The van der Waals surface area contributed by atoms with Gasteiger partial charge in [0.2, 0.25) is 0 Å². The molecule has 1 heterocycles. The van der Waals surface area contributed by atoms with Crippen LogP contribution in [-0.2, 0) is 0 Å². The number of halogens is 1. The Morgan fingerprint density at radius 3 is 2.80 bits per heavy atom. The van der Waals surface area contributed by atoms with E-state index in [1.807, 2.05) is 0 Å². The summed E-state index contributed by atoms with van der Waals surface area (Å²) in [6.07, 6.45) is 0. The molecule has 1 aromatic heterocycles. The van der Waals surface area contributed by atoms with Crippen molar-refractivity contribution in [3.05, 3.63) is 22.6 Å². The third-order valence-electron chi connectivity index (χ3n) is 0.899.